The number of anilines is 1. The van der Waals surface area contributed by atoms with E-state index >= 15 is 0 Å². The van der Waals surface area contributed by atoms with Crippen molar-refractivity contribution in [2.24, 2.45) is 0 Å². The van der Waals surface area contributed by atoms with Gasteiger partial charge in [0.2, 0.25) is 0 Å². The molecular formula is C22H19N2O3S-. The minimum Gasteiger partial charge on any atom is -0.544 e. The molecule has 0 bridgehead atoms. The number of benzene rings is 2. The first kappa shape index (κ1) is 18.4. The standard InChI is InChI=1S/C22H20N2O3S/c25-22(26)21-20(17-4-2-1-3-5-17)23-19(28-21)11-8-16-6-9-18(10-7-16)24-12-14-27-15-13-24/h1-11H,12-15H2,(H,25,26)/p-1/b11-8+. The third kappa shape index (κ3) is 4.13. The number of ether oxygens (including phenoxy) is 1. The van der Waals surface area contributed by atoms with Gasteiger partial charge in [-0.05, 0) is 23.8 Å². The van der Waals surface area contributed by atoms with Crippen molar-refractivity contribution in [3.63, 3.8) is 0 Å². The Balaban J connectivity index is 1.54. The molecular weight excluding hydrogens is 372 g/mol. The lowest BCUT2D eigenvalue weighted by molar-refractivity contribution is -0.254. The molecule has 6 heteroatoms. The third-order valence-corrected chi connectivity index (χ3v) is 5.56. The first-order valence-electron chi connectivity index (χ1n) is 9.09. The summed E-state index contributed by atoms with van der Waals surface area (Å²) in [7, 11) is 0. The number of rotatable bonds is 5. The highest BCUT2D eigenvalue weighted by Crippen LogP contribution is 2.29. The van der Waals surface area contributed by atoms with E-state index in [1.54, 1.807) is 0 Å². The van der Waals surface area contributed by atoms with Gasteiger partial charge in [-0.1, -0.05) is 48.5 Å². The number of aromatic carboxylic acids is 1. The average molecular weight is 391 g/mol. The molecule has 0 aliphatic carbocycles. The number of carboxylic acids is 1. The predicted molar refractivity (Wildman–Crippen MR) is 110 cm³/mol. The molecule has 5 nitrogen and oxygen atoms in total. The topological polar surface area (TPSA) is 65.5 Å². The van der Waals surface area contributed by atoms with Gasteiger partial charge in [0.05, 0.1) is 29.8 Å². The smallest absolute Gasteiger partial charge is 0.117 e. The third-order valence-electron chi connectivity index (χ3n) is 4.56. The van der Waals surface area contributed by atoms with Crippen LogP contribution in [0.25, 0.3) is 23.4 Å². The molecule has 0 unspecified atom stereocenters. The number of hydrogen-bond acceptors (Lipinski definition) is 6. The van der Waals surface area contributed by atoms with Crippen LogP contribution in [0.15, 0.2) is 54.6 Å². The van der Waals surface area contributed by atoms with Gasteiger partial charge >= 0.3 is 0 Å². The van der Waals surface area contributed by atoms with Crippen molar-refractivity contribution in [3.05, 3.63) is 70.0 Å². The summed E-state index contributed by atoms with van der Waals surface area (Å²) in [6.45, 7) is 3.33. The number of carboxylic acid groups (broad SMARTS) is 1. The Morgan fingerprint density at radius 3 is 2.43 bits per heavy atom. The molecule has 0 atom stereocenters. The maximum absolute atomic E-state index is 11.5. The van der Waals surface area contributed by atoms with Gasteiger partial charge in [0.15, 0.2) is 0 Å². The summed E-state index contributed by atoms with van der Waals surface area (Å²) in [6, 6.07) is 17.6. The van der Waals surface area contributed by atoms with Crippen molar-refractivity contribution in [2.75, 3.05) is 31.2 Å². The Morgan fingerprint density at radius 1 is 1.04 bits per heavy atom. The minimum absolute atomic E-state index is 0.147. The normalized spacial score (nSPS) is 14.5. The molecule has 0 spiro atoms. The zero-order valence-corrected chi connectivity index (χ0v) is 16.0. The van der Waals surface area contributed by atoms with E-state index in [0.717, 1.165) is 48.8 Å². The maximum Gasteiger partial charge on any atom is 0.117 e. The lowest BCUT2D eigenvalue weighted by Gasteiger charge is -2.28. The molecule has 0 radical (unpaired) electrons. The summed E-state index contributed by atoms with van der Waals surface area (Å²) in [5.41, 5.74) is 3.43. The fourth-order valence-corrected chi connectivity index (χ4v) is 3.95. The van der Waals surface area contributed by atoms with Crippen molar-refractivity contribution >= 4 is 35.1 Å². The van der Waals surface area contributed by atoms with E-state index < -0.39 is 5.97 Å². The molecule has 2 aromatic carbocycles. The number of hydrogen-bond donors (Lipinski definition) is 0. The summed E-state index contributed by atoms with van der Waals surface area (Å²) in [4.78, 5) is 18.4. The SMILES string of the molecule is O=C([O-])c1sc(/C=C/c2ccc(N3CCOCC3)cc2)nc1-c1ccccc1. The highest BCUT2D eigenvalue weighted by Gasteiger charge is 2.13. The Morgan fingerprint density at radius 2 is 1.75 bits per heavy atom. The monoisotopic (exact) mass is 391 g/mol. The van der Waals surface area contributed by atoms with Gasteiger partial charge < -0.3 is 19.5 Å². The second-order valence-corrected chi connectivity index (χ2v) is 7.44. The van der Waals surface area contributed by atoms with Gasteiger partial charge in [0.1, 0.15) is 5.01 Å². The van der Waals surface area contributed by atoms with E-state index in [1.165, 1.54) is 5.69 Å². The van der Waals surface area contributed by atoms with E-state index in [1.807, 2.05) is 54.6 Å². The number of morpholine rings is 1. The van der Waals surface area contributed by atoms with Crippen LogP contribution in [0, 0.1) is 0 Å². The fraction of sp³-hybridized carbons (Fsp3) is 0.182. The van der Waals surface area contributed by atoms with Crippen LogP contribution in [0.5, 0.6) is 0 Å². The lowest BCUT2D eigenvalue weighted by Crippen LogP contribution is -2.36. The summed E-state index contributed by atoms with van der Waals surface area (Å²) in [6.07, 6.45) is 3.78. The summed E-state index contributed by atoms with van der Waals surface area (Å²) >= 11 is 1.13. The van der Waals surface area contributed by atoms with Gasteiger partial charge in [-0.2, -0.15) is 0 Å². The van der Waals surface area contributed by atoms with Crippen LogP contribution in [-0.4, -0.2) is 37.3 Å². The van der Waals surface area contributed by atoms with Gasteiger partial charge in [0, 0.05) is 24.3 Å². The van der Waals surface area contributed by atoms with Gasteiger partial charge in [-0.3, -0.25) is 0 Å². The van der Waals surface area contributed by atoms with E-state index in [-0.39, 0.29) is 4.88 Å². The van der Waals surface area contributed by atoms with Crippen LogP contribution < -0.4 is 10.0 Å². The molecule has 1 saturated heterocycles. The van der Waals surface area contributed by atoms with Crippen LogP contribution in [0.4, 0.5) is 5.69 Å². The molecule has 4 rings (SSSR count). The van der Waals surface area contributed by atoms with Crippen LogP contribution >= 0.6 is 11.3 Å². The van der Waals surface area contributed by atoms with Gasteiger partial charge in [0.25, 0.3) is 0 Å². The molecule has 142 valence electrons. The van der Waals surface area contributed by atoms with Crippen molar-refractivity contribution in [1.82, 2.24) is 4.98 Å². The van der Waals surface area contributed by atoms with Crippen molar-refractivity contribution in [3.8, 4) is 11.3 Å². The van der Waals surface area contributed by atoms with Crippen LogP contribution in [0.1, 0.15) is 20.2 Å². The molecule has 0 amide bonds. The maximum atomic E-state index is 11.5. The van der Waals surface area contributed by atoms with Gasteiger partial charge in [-0.25, -0.2) is 4.98 Å². The average Bonchev–Trinajstić information content (AvgIpc) is 3.19. The first-order valence-corrected chi connectivity index (χ1v) is 9.91. The number of carbonyl (C=O) groups is 1. The number of thiazole rings is 1. The molecule has 2 heterocycles. The quantitative estimate of drug-likeness (QED) is 0.668. The van der Waals surface area contributed by atoms with Crippen molar-refractivity contribution in [2.45, 2.75) is 0 Å². The second-order valence-electron chi connectivity index (χ2n) is 6.41. The molecule has 1 fully saturated rings. The van der Waals surface area contributed by atoms with Crippen LogP contribution in [0.3, 0.4) is 0 Å². The van der Waals surface area contributed by atoms with Crippen molar-refractivity contribution < 1.29 is 14.6 Å². The van der Waals surface area contributed by atoms with Crippen LogP contribution in [-0.2, 0) is 4.74 Å². The molecule has 1 aliphatic heterocycles. The number of aromatic nitrogens is 1. The zero-order chi connectivity index (χ0) is 19.3. The molecule has 1 aromatic heterocycles. The molecule has 0 N–H and O–H groups in total. The highest BCUT2D eigenvalue weighted by atomic mass is 32.1. The largest absolute Gasteiger partial charge is 0.544 e. The molecule has 28 heavy (non-hydrogen) atoms. The Bertz CT molecular complexity index is 975. The first-order chi connectivity index (χ1) is 13.7. The number of nitrogens with zero attached hydrogens (tertiary/aromatic N) is 2. The zero-order valence-electron chi connectivity index (χ0n) is 15.2. The van der Waals surface area contributed by atoms with E-state index in [9.17, 15) is 9.90 Å². The molecule has 0 saturated carbocycles. The van der Waals surface area contributed by atoms with E-state index in [0.29, 0.717) is 10.7 Å². The summed E-state index contributed by atoms with van der Waals surface area (Å²) < 4.78 is 5.39. The minimum atomic E-state index is -1.20. The highest BCUT2D eigenvalue weighted by molar-refractivity contribution is 7.14. The molecule has 3 aromatic rings. The Labute approximate surface area is 167 Å². The van der Waals surface area contributed by atoms with Gasteiger partial charge in [-0.15, -0.1) is 11.3 Å². The Hall–Kier alpha value is -2.96. The Kier molecular flexibility index (Phi) is 5.50. The summed E-state index contributed by atoms with van der Waals surface area (Å²) in [5.74, 6) is -1.20. The van der Waals surface area contributed by atoms with E-state index in [2.05, 4.69) is 22.0 Å². The van der Waals surface area contributed by atoms with Crippen LogP contribution in [0.2, 0.25) is 0 Å². The second kappa shape index (κ2) is 8.37. The van der Waals surface area contributed by atoms with Crippen molar-refractivity contribution in [1.29, 1.82) is 0 Å². The van der Waals surface area contributed by atoms with E-state index in [4.69, 9.17) is 4.74 Å². The molecule has 1 aliphatic rings. The predicted octanol–water partition coefficient (Wildman–Crippen LogP) is 3.18. The summed E-state index contributed by atoms with van der Waals surface area (Å²) in [5, 5.41) is 12.1. The fourth-order valence-electron chi connectivity index (χ4n) is 3.12. The lowest BCUT2D eigenvalue weighted by atomic mass is 10.1. The number of carbonyl (C=O) groups excluding carboxylic acids is 1.